The fraction of sp³-hybridized carbons (Fsp3) is 0.625. The summed E-state index contributed by atoms with van der Waals surface area (Å²) in [6.07, 6.45) is 4.13. The maximum Gasteiger partial charge on any atom is 0.257 e. The molecule has 0 amide bonds. The third kappa shape index (κ3) is 5.61. The van der Waals surface area contributed by atoms with Crippen LogP contribution in [0.2, 0.25) is 0 Å². The topological polar surface area (TPSA) is 63.2 Å². The molecule has 2 heterocycles. The number of hydrogen-bond acceptors (Lipinski definition) is 6. The molecule has 30 heavy (non-hydrogen) atoms. The van der Waals surface area contributed by atoms with Crippen molar-refractivity contribution < 1.29 is 4.74 Å². The summed E-state index contributed by atoms with van der Waals surface area (Å²) in [4.78, 5) is 17.1. The highest BCUT2D eigenvalue weighted by molar-refractivity contribution is 5.76. The Balaban J connectivity index is 2.56. The third-order valence-corrected chi connectivity index (χ3v) is 5.30. The molecular weight excluding hydrogens is 374 g/mol. The van der Waals surface area contributed by atoms with Gasteiger partial charge in [0.1, 0.15) is 5.82 Å². The molecule has 6 heteroatoms. The van der Waals surface area contributed by atoms with Gasteiger partial charge in [-0.05, 0) is 44.7 Å². The number of nitrogens with one attached hydrogen (secondary N) is 1. The van der Waals surface area contributed by atoms with E-state index in [1.165, 1.54) is 6.42 Å². The van der Waals surface area contributed by atoms with Gasteiger partial charge in [0.25, 0.3) is 5.88 Å². The second-order valence-electron chi connectivity index (χ2n) is 7.77. The van der Waals surface area contributed by atoms with Crippen LogP contribution in [0.3, 0.4) is 0 Å². The Bertz CT molecular complexity index is 802. The predicted molar refractivity (Wildman–Crippen MR) is 127 cm³/mol. The third-order valence-electron chi connectivity index (χ3n) is 5.30. The van der Waals surface area contributed by atoms with Gasteiger partial charge in [0.05, 0.1) is 18.0 Å². The number of ether oxygens (including phenoxy) is 1. The van der Waals surface area contributed by atoms with Gasteiger partial charge in [-0.2, -0.15) is 0 Å². The predicted octanol–water partition coefficient (Wildman–Crippen LogP) is 5.68. The van der Waals surface area contributed by atoms with Crippen molar-refractivity contribution in [1.29, 1.82) is 0 Å². The van der Waals surface area contributed by atoms with Crippen LogP contribution >= 0.6 is 0 Å². The highest BCUT2D eigenvalue weighted by Gasteiger charge is 2.21. The Morgan fingerprint density at radius 1 is 1.00 bits per heavy atom. The van der Waals surface area contributed by atoms with E-state index in [0.717, 1.165) is 60.8 Å². The van der Waals surface area contributed by atoms with Gasteiger partial charge in [-0.3, -0.25) is 0 Å². The summed E-state index contributed by atoms with van der Waals surface area (Å²) in [6.45, 7) is 15.4. The normalized spacial score (nSPS) is 11.1. The molecule has 0 saturated heterocycles. The first kappa shape index (κ1) is 23.9. The number of unbranched alkanes of at least 4 members (excludes halogenated alkanes) is 2. The lowest BCUT2D eigenvalue weighted by Crippen LogP contribution is -2.24. The largest absolute Gasteiger partial charge is 0.475 e. The zero-order chi connectivity index (χ0) is 22.1. The molecule has 0 spiro atoms. The minimum atomic E-state index is 0.372. The van der Waals surface area contributed by atoms with Gasteiger partial charge in [0.2, 0.25) is 0 Å². The van der Waals surface area contributed by atoms with Gasteiger partial charge < -0.3 is 15.0 Å². The highest BCUT2D eigenvalue weighted by Crippen LogP contribution is 2.34. The van der Waals surface area contributed by atoms with Crippen molar-refractivity contribution >= 4 is 11.6 Å². The first-order chi connectivity index (χ1) is 14.5. The Hall–Kier alpha value is -2.37. The highest BCUT2D eigenvalue weighted by atomic mass is 16.5. The molecule has 1 N–H and O–H groups in total. The molecule has 0 aromatic carbocycles. The molecule has 166 valence electrons. The number of pyridine rings is 1. The molecule has 2 rings (SSSR count). The molecule has 2 aromatic heterocycles. The number of hydrogen-bond donors (Lipinski definition) is 1. The molecule has 0 unspecified atom stereocenters. The molecule has 0 atom stereocenters. The van der Waals surface area contributed by atoms with Gasteiger partial charge in [0.15, 0.2) is 5.82 Å². The van der Waals surface area contributed by atoms with E-state index in [1.807, 2.05) is 7.05 Å². The Kier molecular flexibility index (Phi) is 9.34. The van der Waals surface area contributed by atoms with Gasteiger partial charge in [-0.25, -0.2) is 15.0 Å². The van der Waals surface area contributed by atoms with Crippen molar-refractivity contribution in [3.05, 3.63) is 23.5 Å². The van der Waals surface area contributed by atoms with Crippen LogP contribution < -0.4 is 15.0 Å². The van der Waals surface area contributed by atoms with E-state index in [-0.39, 0.29) is 0 Å². The van der Waals surface area contributed by atoms with Crippen LogP contribution in [0.25, 0.3) is 11.3 Å². The molecule has 0 aliphatic rings. The van der Waals surface area contributed by atoms with Crippen molar-refractivity contribution in [3.63, 3.8) is 0 Å². The molecule has 2 aromatic rings. The average molecular weight is 414 g/mol. The van der Waals surface area contributed by atoms with Gasteiger partial charge in [-0.1, -0.05) is 40.5 Å². The number of aryl methyl sites for hydroxylation is 1. The van der Waals surface area contributed by atoms with Crippen molar-refractivity contribution in [1.82, 2.24) is 15.0 Å². The van der Waals surface area contributed by atoms with E-state index in [2.05, 4.69) is 63.9 Å². The first-order valence-corrected chi connectivity index (χ1v) is 11.5. The Labute approximate surface area is 182 Å². The fourth-order valence-corrected chi connectivity index (χ4v) is 3.43. The SMILES string of the molecule is CCCCCOc1nc(CC)c(-c2ccc(C(C)C)nc2N(CC)CC)nc1NC. The molecule has 0 saturated carbocycles. The van der Waals surface area contributed by atoms with E-state index in [1.54, 1.807) is 0 Å². The molecular formula is C24H39N5O. The van der Waals surface area contributed by atoms with E-state index in [0.29, 0.717) is 24.2 Å². The van der Waals surface area contributed by atoms with Crippen LogP contribution in [0.1, 0.15) is 78.1 Å². The zero-order valence-electron chi connectivity index (χ0n) is 19.9. The molecule has 0 aliphatic heterocycles. The maximum absolute atomic E-state index is 5.97. The van der Waals surface area contributed by atoms with Crippen LogP contribution in [-0.2, 0) is 6.42 Å². The van der Waals surface area contributed by atoms with Gasteiger partial charge >= 0.3 is 0 Å². The standard InChI is InChI=1S/C24H39N5O/c1-8-12-13-16-30-24-22(25-7)28-21(19(9-2)27-24)18-14-15-20(17(5)6)26-23(18)29(10-3)11-4/h14-15,17H,8-13,16H2,1-7H3,(H,25,28). The van der Waals surface area contributed by atoms with Crippen molar-refractivity contribution in [2.24, 2.45) is 0 Å². The minimum absolute atomic E-state index is 0.372. The minimum Gasteiger partial charge on any atom is -0.475 e. The summed E-state index contributed by atoms with van der Waals surface area (Å²) in [5.74, 6) is 2.62. The second kappa shape index (κ2) is 11.7. The lowest BCUT2D eigenvalue weighted by atomic mass is 10.0. The van der Waals surface area contributed by atoms with Crippen LogP contribution in [0.5, 0.6) is 5.88 Å². The summed E-state index contributed by atoms with van der Waals surface area (Å²) in [5.41, 5.74) is 3.94. The van der Waals surface area contributed by atoms with E-state index in [9.17, 15) is 0 Å². The second-order valence-corrected chi connectivity index (χ2v) is 7.77. The number of rotatable bonds is 12. The molecule has 0 bridgehead atoms. The summed E-state index contributed by atoms with van der Waals surface area (Å²) in [7, 11) is 1.86. The quantitative estimate of drug-likeness (QED) is 0.452. The van der Waals surface area contributed by atoms with Gasteiger partial charge in [-0.15, -0.1) is 0 Å². The maximum atomic E-state index is 5.97. The Morgan fingerprint density at radius 2 is 1.73 bits per heavy atom. The van der Waals surface area contributed by atoms with Crippen molar-refractivity contribution in [2.75, 3.05) is 37.0 Å². The van der Waals surface area contributed by atoms with Gasteiger partial charge in [0, 0.05) is 31.4 Å². The summed E-state index contributed by atoms with van der Waals surface area (Å²) in [6, 6.07) is 4.27. The number of aromatic nitrogens is 3. The number of anilines is 2. The van der Waals surface area contributed by atoms with E-state index in [4.69, 9.17) is 19.7 Å². The monoisotopic (exact) mass is 413 g/mol. The van der Waals surface area contributed by atoms with E-state index < -0.39 is 0 Å². The summed E-state index contributed by atoms with van der Waals surface area (Å²) < 4.78 is 5.97. The van der Waals surface area contributed by atoms with Crippen molar-refractivity contribution in [2.45, 2.75) is 73.1 Å². The number of nitrogens with zero attached hydrogens (tertiary/aromatic N) is 4. The molecule has 0 fully saturated rings. The fourth-order valence-electron chi connectivity index (χ4n) is 3.43. The smallest absolute Gasteiger partial charge is 0.257 e. The zero-order valence-corrected chi connectivity index (χ0v) is 19.9. The lowest BCUT2D eigenvalue weighted by molar-refractivity contribution is 0.294. The van der Waals surface area contributed by atoms with Crippen LogP contribution in [0.4, 0.5) is 11.6 Å². The lowest BCUT2D eigenvalue weighted by Gasteiger charge is -2.25. The first-order valence-electron chi connectivity index (χ1n) is 11.5. The van der Waals surface area contributed by atoms with Crippen LogP contribution in [0.15, 0.2) is 12.1 Å². The average Bonchev–Trinajstić information content (AvgIpc) is 2.77. The van der Waals surface area contributed by atoms with Crippen LogP contribution in [-0.4, -0.2) is 41.7 Å². The summed E-state index contributed by atoms with van der Waals surface area (Å²) in [5, 5.41) is 3.17. The molecule has 0 radical (unpaired) electrons. The molecule has 0 aliphatic carbocycles. The van der Waals surface area contributed by atoms with Crippen molar-refractivity contribution in [3.8, 4) is 17.1 Å². The van der Waals surface area contributed by atoms with Crippen LogP contribution in [0, 0.1) is 0 Å². The molecule has 6 nitrogen and oxygen atoms in total. The Morgan fingerprint density at radius 3 is 2.30 bits per heavy atom. The summed E-state index contributed by atoms with van der Waals surface area (Å²) >= 11 is 0. The van der Waals surface area contributed by atoms with E-state index >= 15 is 0 Å².